The quantitative estimate of drug-likeness (QED) is 0.819. The molecule has 0 bridgehead atoms. The molecule has 1 aliphatic carbocycles. The largest absolute Gasteiger partial charge is 0.368 e. The highest BCUT2D eigenvalue weighted by Crippen LogP contribution is 2.34. The van der Waals surface area contributed by atoms with Crippen molar-refractivity contribution in [2.24, 2.45) is 11.7 Å². The van der Waals surface area contributed by atoms with Crippen LogP contribution < -0.4 is 5.73 Å². The Morgan fingerprint density at radius 3 is 2.67 bits per heavy atom. The summed E-state index contributed by atoms with van der Waals surface area (Å²) in [6.45, 7) is 6.57. The molecule has 21 heavy (non-hydrogen) atoms. The Labute approximate surface area is 130 Å². The third-order valence-electron chi connectivity index (χ3n) is 4.92. The van der Waals surface area contributed by atoms with Crippen LogP contribution in [0.1, 0.15) is 69.6 Å². The molecule has 1 fully saturated rings. The maximum atomic E-state index is 6.56. The molecule has 2 nitrogen and oxygen atoms in total. The smallest absolute Gasteiger partial charge is 0.0979 e. The highest BCUT2D eigenvalue weighted by molar-refractivity contribution is 5.25. The summed E-state index contributed by atoms with van der Waals surface area (Å²) in [6.07, 6.45) is 7.73. The second-order valence-electron chi connectivity index (χ2n) is 6.53. The van der Waals surface area contributed by atoms with E-state index in [2.05, 4.69) is 45.0 Å². The van der Waals surface area contributed by atoms with Gasteiger partial charge in [0, 0.05) is 6.04 Å². The lowest BCUT2D eigenvalue weighted by molar-refractivity contribution is -0.0725. The van der Waals surface area contributed by atoms with Crippen molar-refractivity contribution in [2.45, 2.75) is 77.5 Å². The third-order valence-corrected chi connectivity index (χ3v) is 4.92. The Morgan fingerprint density at radius 1 is 1.24 bits per heavy atom. The molecule has 118 valence electrons. The average molecular weight is 289 g/mol. The van der Waals surface area contributed by atoms with Crippen LogP contribution in [-0.4, -0.2) is 12.1 Å². The summed E-state index contributed by atoms with van der Waals surface area (Å²) < 4.78 is 6.56. The van der Waals surface area contributed by atoms with Crippen LogP contribution in [0.2, 0.25) is 0 Å². The summed E-state index contributed by atoms with van der Waals surface area (Å²) in [6, 6.07) is 8.71. The van der Waals surface area contributed by atoms with Gasteiger partial charge >= 0.3 is 0 Å². The van der Waals surface area contributed by atoms with Gasteiger partial charge < -0.3 is 10.5 Å². The third kappa shape index (κ3) is 4.31. The van der Waals surface area contributed by atoms with Crippen LogP contribution >= 0.6 is 0 Å². The molecule has 1 aromatic carbocycles. The van der Waals surface area contributed by atoms with E-state index in [9.17, 15) is 0 Å². The van der Waals surface area contributed by atoms with E-state index in [4.69, 9.17) is 10.5 Å². The normalized spacial score (nSPS) is 25.5. The molecular formula is C19H31NO. The number of hydrogen-bond acceptors (Lipinski definition) is 2. The highest BCUT2D eigenvalue weighted by Gasteiger charge is 2.29. The van der Waals surface area contributed by atoms with E-state index < -0.39 is 0 Å². The van der Waals surface area contributed by atoms with Crippen molar-refractivity contribution in [1.82, 2.24) is 0 Å². The van der Waals surface area contributed by atoms with Gasteiger partial charge in [0.25, 0.3) is 0 Å². The van der Waals surface area contributed by atoms with Crippen LogP contribution in [0, 0.1) is 12.8 Å². The molecule has 0 aromatic heterocycles. The molecule has 4 atom stereocenters. The van der Waals surface area contributed by atoms with E-state index in [1.807, 2.05) is 0 Å². The number of hydrogen-bond donors (Lipinski definition) is 1. The first-order chi connectivity index (χ1) is 10.2. The first-order valence-electron chi connectivity index (χ1n) is 8.63. The van der Waals surface area contributed by atoms with E-state index in [1.165, 1.54) is 43.2 Å². The Bertz CT molecular complexity index is 431. The number of ether oxygens (including phenoxy) is 1. The predicted molar refractivity (Wildman–Crippen MR) is 89.3 cm³/mol. The van der Waals surface area contributed by atoms with E-state index in [-0.39, 0.29) is 12.1 Å². The van der Waals surface area contributed by atoms with Crippen LogP contribution in [0.4, 0.5) is 0 Å². The summed E-state index contributed by atoms with van der Waals surface area (Å²) in [5, 5.41) is 0. The Balaban J connectivity index is 2.16. The van der Waals surface area contributed by atoms with Crippen molar-refractivity contribution in [3.63, 3.8) is 0 Å². The lowest BCUT2D eigenvalue weighted by Gasteiger charge is -2.36. The van der Waals surface area contributed by atoms with Gasteiger partial charge in [0.2, 0.25) is 0 Å². The summed E-state index contributed by atoms with van der Waals surface area (Å²) in [5.41, 5.74) is 8.90. The molecule has 2 rings (SSSR count). The van der Waals surface area contributed by atoms with Gasteiger partial charge in [-0.25, -0.2) is 0 Å². The minimum absolute atomic E-state index is 0.0343. The number of nitrogens with two attached hydrogens (primary N) is 1. The van der Waals surface area contributed by atoms with Crippen molar-refractivity contribution in [3.8, 4) is 0 Å². The second-order valence-corrected chi connectivity index (χ2v) is 6.53. The van der Waals surface area contributed by atoms with Crippen molar-refractivity contribution < 1.29 is 4.74 Å². The molecule has 1 aliphatic rings. The molecule has 0 heterocycles. The lowest BCUT2D eigenvalue weighted by atomic mass is 9.84. The minimum Gasteiger partial charge on any atom is -0.368 e. The van der Waals surface area contributed by atoms with Crippen LogP contribution in [0.5, 0.6) is 0 Å². The predicted octanol–water partition coefficient (Wildman–Crippen LogP) is 4.76. The van der Waals surface area contributed by atoms with E-state index in [0.717, 1.165) is 6.42 Å². The second kappa shape index (κ2) is 7.95. The van der Waals surface area contributed by atoms with Gasteiger partial charge in [-0.2, -0.15) is 0 Å². The minimum atomic E-state index is 0.0343. The fourth-order valence-corrected chi connectivity index (χ4v) is 3.50. The molecule has 1 aromatic rings. The summed E-state index contributed by atoms with van der Waals surface area (Å²) in [4.78, 5) is 0. The monoisotopic (exact) mass is 289 g/mol. The van der Waals surface area contributed by atoms with Gasteiger partial charge in [-0.3, -0.25) is 0 Å². The van der Waals surface area contributed by atoms with E-state index in [0.29, 0.717) is 12.0 Å². The van der Waals surface area contributed by atoms with Gasteiger partial charge in [-0.15, -0.1) is 0 Å². The highest BCUT2D eigenvalue weighted by atomic mass is 16.5. The Kier molecular flexibility index (Phi) is 6.25. The molecule has 0 saturated heterocycles. The molecule has 0 aliphatic heterocycles. The standard InChI is InChI=1S/C19H31NO/c1-4-15-10-6-7-12-18(15)21-19(17(20)5-2)16-11-8-9-14(3)13-16/h8-9,11,13,15,17-19H,4-7,10,12,20H2,1-3H3. The van der Waals surface area contributed by atoms with Crippen LogP contribution in [0.3, 0.4) is 0 Å². The molecule has 1 saturated carbocycles. The fourth-order valence-electron chi connectivity index (χ4n) is 3.50. The molecular weight excluding hydrogens is 258 g/mol. The van der Waals surface area contributed by atoms with Gasteiger partial charge in [-0.1, -0.05) is 62.9 Å². The molecule has 0 spiro atoms. The first kappa shape index (κ1) is 16.5. The topological polar surface area (TPSA) is 35.2 Å². The van der Waals surface area contributed by atoms with Crippen LogP contribution in [0.25, 0.3) is 0 Å². The van der Waals surface area contributed by atoms with Crippen LogP contribution in [0.15, 0.2) is 24.3 Å². The fraction of sp³-hybridized carbons (Fsp3) is 0.684. The summed E-state index contributed by atoms with van der Waals surface area (Å²) in [7, 11) is 0. The van der Waals surface area contributed by atoms with Gasteiger partial charge in [0.15, 0.2) is 0 Å². The Hall–Kier alpha value is -0.860. The number of aryl methyl sites for hydroxylation is 1. The number of rotatable bonds is 6. The molecule has 0 radical (unpaired) electrons. The maximum Gasteiger partial charge on any atom is 0.0979 e. The van der Waals surface area contributed by atoms with E-state index >= 15 is 0 Å². The average Bonchev–Trinajstić information content (AvgIpc) is 2.52. The molecule has 2 heteroatoms. The Morgan fingerprint density at radius 2 is 2.00 bits per heavy atom. The SMILES string of the molecule is CCC(N)C(OC1CCCCC1CC)c1cccc(C)c1. The zero-order valence-electron chi connectivity index (χ0n) is 13.8. The zero-order chi connectivity index (χ0) is 15.2. The lowest BCUT2D eigenvalue weighted by Crippen LogP contribution is -2.36. The number of benzene rings is 1. The van der Waals surface area contributed by atoms with Crippen molar-refractivity contribution in [3.05, 3.63) is 35.4 Å². The van der Waals surface area contributed by atoms with Gasteiger partial charge in [-0.05, 0) is 37.7 Å². The van der Waals surface area contributed by atoms with Crippen molar-refractivity contribution in [1.29, 1.82) is 0 Å². The zero-order valence-corrected chi connectivity index (χ0v) is 13.8. The summed E-state index contributed by atoms with van der Waals surface area (Å²) in [5.74, 6) is 0.704. The van der Waals surface area contributed by atoms with Crippen molar-refractivity contribution in [2.75, 3.05) is 0 Å². The van der Waals surface area contributed by atoms with Gasteiger partial charge in [0.1, 0.15) is 0 Å². The first-order valence-corrected chi connectivity index (χ1v) is 8.63. The van der Waals surface area contributed by atoms with E-state index in [1.54, 1.807) is 0 Å². The van der Waals surface area contributed by atoms with Gasteiger partial charge in [0.05, 0.1) is 12.2 Å². The van der Waals surface area contributed by atoms with Crippen molar-refractivity contribution >= 4 is 0 Å². The van der Waals surface area contributed by atoms with Crippen LogP contribution in [-0.2, 0) is 4.74 Å². The molecule has 4 unspecified atom stereocenters. The molecule has 0 amide bonds. The molecule has 2 N–H and O–H groups in total. The summed E-state index contributed by atoms with van der Waals surface area (Å²) >= 11 is 0. The maximum absolute atomic E-state index is 6.56.